The molecule has 5 nitrogen and oxygen atoms in total. The van der Waals surface area contributed by atoms with Crippen LogP contribution in [0.3, 0.4) is 0 Å². The molecular weight excluding hydrogens is 400 g/mol. The number of aromatic nitrogens is 1. The van der Waals surface area contributed by atoms with Gasteiger partial charge >= 0.3 is 0 Å². The van der Waals surface area contributed by atoms with Crippen LogP contribution in [0, 0.1) is 0 Å². The minimum Gasteiger partial charge on any atom is -0.489 e. The summed E-state index contributed by atoms with van der Waals surface area (Å²) >= 11 is 0. The molecule has 1 aliphatic heterocycles. The number of nitrogens with zero attached hydrogens (tertiary/aromatic N) is 1. The first kappa shape index (κ1) is 20.3. The molecule has 0 amide bonds. The quantitative estimate of drug-likeness (QED) is 0.521. The summed E-state index contributed by atoms with van der Waals surface area (Å²) < 4.78 is 13.4. The predicted octanol–water partition coefficient (Wildman–Crippen LogP) is 4.62. The molecule has 0 bridgehead atoms. The van der Waals surface area contributed by atoms with Crippen molar-refractivity contribution >= 4 is 23.4 Å². The fourth-order valence-electron chi connectivity index (χ4n) is 3.85. The van der Waals surface area contributed by atoms with E-state index in [0.717, 1.165) is 53.9 Å². The van der Waals surface area contributed by atoms with Crippen LogP contribution in [0.25, 0.3) is 16.7 Å². The van der Waals surface area contributed by atoms with Gasteiger partial charge in [-0.05, 0) is 49.2 Å². The zero-order valence-electron chi connectivity index (χ0n) is 16.5. The van der Waals surface area contributed by atoms with Crippen LogP contribution in [0.2, 0.25) is 0 Å². The normalized spacial score (nSPS) is 13.3. The van der Waals surface area contributed by atoms with Gasteiger partial charge in [0, 0.05) is 28.9 Å². The third-order valence-corrected chi connectivity index (χ3v) is 5.34. The number of hydrogen-bond acceptors (Lipinski definition) is 4. The van der Waals surface area contributed by atoms with Crippen molar-refractivity contribution in [1.82, 2.24) is 9.88 Å². The molecule has 0 fully saturated rings. The summed E-state index contributed by atoms with van der Waals surface area (Å²) in [4.78, 5) is 12.7. The number of benzene rings is 2. The van der Waals surface area contributed by atoms with E-state index in [0.29, 0.717) is 12.4 Å². The standard InChI is InChI=1S/C24H22N2O3.ClH/c27-24-14-19(28-16-17-5-2-1-3-6-17)10-12-26(24)18-8-9-22-21(13-18)20-7-4-11-25-15-23(20)29-22;/h1-3,5-6,8-10,12-14,25H,4,7,11,15-16H2;1H. The highest BCUT2D eigenvalue weighted by molar-refractivity contribution is 5.85. The molecule has 0 saturated heterocycles. The number of aryl methyl sites for hydroxylation is 1. The summed E-state index contributed by atoms with van der Waals surface area (Å²) in [5.41, 5.74) is 3.90. The lowest BCUT2D eigenvalue weighted by Crippen LogP contribution is -2.16. The minimum atomic E-state index is -0.119. The van der Waals surface area contributed by atoms with Crippen molar-refractivity contribution in [3.05, 3.63) is 94.1 Å². The Labute approximate surface area is 180 Å². The van der Waals surface area contributed by atoms with Crippen LogP contribution in [-0.4, -0.2) is 11.1 Å². The number of nitrogens with one attached hydrogen (secondary N) is 1. The maximum atomic E-state index is 12.7. The van der Waals surface area contributed by atoms with Gasteiger partial charge in [-0.3, -0.25) is 9.36 Å². The second-order valence-corrected chi connectivity index (χ2v) is 7.31. The summed E-state index contributed by atoms with van der Waals surface area (Å²) in [6.07, 6.45) is 3.84. The van der Waals surface area contributed by atoms with Gasteiger partial charge in [0.2, 0.25) is 0 Å². The van der Waals surface area contributed by atoms with Crippen molar-refractivity contribution in [2.45, 2.75) is 26.0 Å². The average molecular weight is 423 g/mol. The number of ether oxygens (including phenoxy) is 1. The van der Waals surface area contributed by atoms with Crippen LogP contribution in [0.5, 0.6) is 5.75 Å². The summed E-state index contributed by atoms with van der Waals surface area (Å²) in [7, 11) is 0. The van der Waals surface area contributed by atoms with E-state index in [1.165, 1.54) is 11.6 Å². The molecule has 2 aromatic heterocycles. The zero-order chi connectivity index (χ0) is 19.6. The Morgan fingerprint density at radius 1 is 1.07 bits per heavy atom. The van der Waals surface area contributed by atoms with Crippen molar-refractivity contribution in [3.8, 4) is 11.4 Å². The number of pyridine rings is 1. The Morgan fingerprint density at radius 3 is 2.77 bits per heavy atom. The van der Waals surface area contributed by atoms with Crippen LogP contribution >= 0.6 is 12.4 Å². The lowest BCUT2D eigenvalue weighted by atomic mass is 10.1. The molecule has 30 heavy (non-hydrogen) atoms. The highest BCUT2D eigenvalue weighted by Gasteiger charge is 2.17. The predicted molar refractivity (Wildman–Crippen MR) is 120 cm³/mol. The largest absolute Gasteiger partial charge is 0.489 e. The molecule has 6 heteroatoms. The molecule has 3 heterocycles. The van der Waals surface area contributed by atoms with Crippen LogP contribution in [-0.2, 0) is 19.6 Å². The maximum absolute atomic E-state index is 12.7. The van der Waals surface area contributed by atoms with Gasteiger partial charge in [-0.2, -0.15) is 0 Å². The highest BCUT2D eigenvalue weighted by Crippen LogP contribution is 2.30. The van der Waals surface area contributed by atoms with E-state index in [1.807, 2.05) is 48.5 Å². The Hall–Kier alpha value is -3.02. The van der Waals surface area contributed by atoms with Crippen molar-refractivity contribution in [3.63, 3.8) is 0 Å². The van der Waals surface area contributed by atoms with E-state index < -0.39 is 0 Å². The second-order valence-electron chi connectivity index (χ2n) is 7.31. The molecule has 0 atom stereocenters. The molecule has 0 unspecified atom stereocenters. The summed E-state index contributed by atoms with van der Waals surface area (Å²) in [6, 6.07) is 19.2. The molecule has 4 aromatic rings. The molecule has 0 saturated carbocycles. The Balaban J connectivity index is 0.00000218. The summed E-state index contributed by atoms with van der Waals surface area (Å²) in [6.45, 7) is 2.19. The van der Waals surface area contributed by atoms with E-state index in [-0.39, 0.29) is 18.0 Å². The van der Waals surface area contributed by atoms with E-state index in [4.69, 9.17) is 9.15 Å². The molecule has 1 N–H and O–H groups in total. The lowest BCUT2D eigenvalue weighted by Gasteiger charge is -2.09. The topological polar surface area (TPSA) is 56.4 Å². The average Bonchev–Trinajstić information content (AvgIpc) is 2.93. The van der Waals surface area contributed by atoms with Crippen LogP contribution in [0.15, 0.2) is 76.1 Å². The van der Waals surface area contributed by atoms with E-state index in [9.17, 15) is 4.79 Å². The second kappa shape index (κ2) is 8.78. The lowest BCUT2D eigenvalue weighted by molar-refractivity contribution is 0.305. The number of fused-ring (bicyclic) bond motifs is 3. The van der Waals surface area contributed by atoms with Crippen LogP contribution in [0.1, 0.15) is 23.3 Å². The number of halogens is 1. The van der Waals surface area contributed by atoms with Gasteiger partial charge in [0.05, 0.1) is 6.54 Å². The molecule has 2 aromatic carbocycles. The third-order valence-electron chi connectivity index (χ3n) is 5.34. The minimum absolute atomic E-state index is 0. The zero-order valence-corrected chi connectivity index (χ0v) is 17.3. The molecule has 0 spiro atoms. The van der Waals surface area contributed by atoms with Gasteiger partial charge in [0.1, 0.15) is 23.7 Å². The molecule has 0 radical (unpaired) electrons. The molecule has 154 valence electrons. The van der Waals surface area contributed by atoms with Gasteiger partial charge in [0.25, 0.3) is 5.56 Å². The molecule has 1 aliphatic rings. The van der Waals surface area contributed by atoms with E-state index in [1.54, 1.807) is 10.8 Å². The summed E-state index contributed by atoms with van der Waals surface area (Å²) in [5.74, 6) is 1.58. The van der Waals surface area contributed by atoms with Gasteiger partial charge in [-0.1, -0.05) is 30.3 Å². The molecule has 5 rings (SSSR count). The smallest absolute Gasteiger partial charge is 0.258 e. The van der Waals surface area contributed by atoms with Gasteiger partial charge in [0.15, 0.2) is 0 Å². The van der Waals surface area contributed by atoms with E-state index in [2.05, 4.69) is 11.4 Å². The van der Waals surface area contributed by atoms with Gasteiger partial charge in [-0.15, -0.1) is 12.4 Å². The Kier molecular flexibility index (Phi) is 5.93. The van der Waals surface area contributed by atoms with Crippen molar-refractivity contribution in [2.75, 3.05) is 6.54 Å². The number of hydrogen-bond donors (Lipinski definition) is 1. The van der Waals surface area contributed by atoms with Crippen molar-refractivity contribution < 1.29 is 9.15 Å². The van der Waals surface area contributed by atoms with Crippen LogP contribution in [0.4, 0.5) is 0 Å². The van der Waals surface area contributed by atoms with Gasteiger partial charge in [-0.25, -0.2) is 0 Å². The Morgan fingerprint density at radius 2 is 1.93 bits per heavy atom. The summed E-state index contributed by atoms with van der Waals surface area (Å²) in [5, 5.41) is 4.48. The molecule has 0 aliphatic carbocycles. The number of furan rings is 1. The fraction of sp³-hybridized carbons (Fsp3) is 0.208. The van der Waals surface area contributed by atoms with Crippen molar-refractivity contribution in [2.24, 2.45) is 0 Å². The first-order valence-corrected chi connectivity index (χ1v) is 9.93. The van der Waals surface area contributed by atoms with Gasteiger partial charge < -0.3 is 14.5 Å². The first-order chi connectivity index (χ1) is 14.3. The van der Waals surface area contributed by atoms with E-state index >= 15 is 0 Å². The molecular formula is C24H23ClN2O3. The first-order valence-electron chi connectivity index (χ1n) is 9.93. The number of rotatable bonds is 4. The van der Waals surface area contributed by atoms with Crippen molar-refractivity contribution in [1.29, 1.82) is 0 Å². The Bertz CT molecular complexity index is 1210. The highest BCUT2D eigenvalue weighted by atomic mass is 35.5. The maximum Gasteiger partial charge on any atom is 0.258 e. The fourth-order valence-corrected chi connectivity index (χ4v) is 3.85. The SMILES string of the molecule is Cl.O=c1cc(OCc2ccccc2)ccn1-c1ccc2oc3c(c2c1)CCCNC3. The third kappa shape index (κ3) is 3.99. The van der Waals surface area contributed by atoms with Crippen LogP contribution < -0.4 is 15.6 Å². The monoisotopic (exact) mass is 422 g/mol.